The second-order valence-electron chi connectivity index (χ2n) is 5.26. The van der Waals surface area contributed by atoms with E-state index in [4.69, 9.17) is 10.5 Å². The van der Waals surface area contributed by atoms with Crippen molar-refractivity contribution in [2.75, 3.05) is 14.2 Å². The summed E-state index contributed by atoms with van der Waals surface area (Å²) in [6.45, 7) is -0.0357. The first-order chi connectivity index (χ1) is 11.9. The molecule has 9 nitrogen and oxygen atoms in total. The van der Waals surface area contributed by atoms with Gasteiger partial charge in [0.1, 0.15) is 12.6 Å². The number of likely N-dealkylation sites (tertiary alicyclic amines) is 1. The van der Waals surface area contributed by atoms with Gasteiger partial charge in [-0.05, 0) is 5.56 Å². The SMILES string of the molecule is COC(=O)C(C(=O)OC)N1C(=O)C(N)C1C(=O)OCc1ccccc1. The highest BCUT2D eigenvalue weighted by Gasteiger charge is 2.57. The molecule has 0 radical (unpaired) electrons. The van der Waals surface area contributed by atoms with Crippen molar-refractivity contribution in [1.82, 2.24) is 4.90 Å². The maximum Gasteiger partial charge on any atom is 0.340 e. The Morgan fingerprint density at radius 1 is 1.12 bits per heavy atom. The molecule has 1 heterocycles. The number of β-lactam (4-membered cyclic amide) rings is 1. The molecule has 1 saturated heterocycles. The number of rotatable bonds is 6. The van der Waals surface area contributed by atoms with Crippen LogP contribution >= 0.6 is 0 Å². The number of amides is 1. The molecule has 134 valence electrons. The summed E-state index contributed by atoms with van der Waals surface area (Å²) < 4.78 is 14.2. The van der Waals surface area contributed by atoms with Crippen LogP contribution in [-0.4, -0.2) is 61.1 Å². The predicted molar refractivity (Wildman–Crippen MR) is 82.7 cm³/mol. The van der Waals surface area contributed by atoms with Crippen LogP contribution in [0.5, 0.6) is 0 Å². The Kier molecular flexibility index (Phi) is 5.71. The maximum absolute atomic E-state index is 12.3. The minimum Gasteiger partial charge on any atom is -0.467 e. The first-order valence-electron chi connectivity index (χ1n) is 7.36. The normalized spacial score (nSPS) is 19.2. The Hall–Kier alpha value is -2.94. The topological polar surface area (TPSA) is 125 Å². The largest absolute Gasteiger partial charge is 0.467 e. The minimum absolute atomic E-state index is 0.0357. The number of methoxy groups -OCH3 is 2. The fourth-order valence-corrected chi connectivity index (χ4v) is 2.44. The van der Waals surface area contributed by atoms with Gasteiger partial charge in [0, 0.05) is 0 Å². The zero-order valence-corrected chi connectivity index (χ0v) is 13.7. The molecular formula is C16H18N2O7. The van der Waals surface area contributed by atoms with Crippen LogP contribution in [0, 0.1) is 0 Å². The number of hydrogen-bond donors (Lipinski definition) is 1. The van der Waals surface area contributed by atoms with Gasteiger partial charge in [-0.3, -0.25) is 4.79 Å². The van der Waals surface area contributed by atoms with E-state index >= 15 is 0 Å². The van der Waals surface area contributed by atoms with Crippen molar-refractivity contribution in [2.45, 2.75) is 24.7 Å². The van der Waals surface area contributed by atoms with Crippen LogP contribution in [0.1, 0.15) is 5.56 Å². The number of nitrogens with zero attached hydrogens (tertiary/aromatic N) is 1. The lowest BCUT2D eigenvalue weighted by atomic mass is 9.93. The molecule has 2 atom stereocenters. The number of ether oxygens (including phenoxy) is 3. The highest BCUT2D eigenvalue weighted by Crippen LogP contribution is 2.25. The smallest absolute Gasteiger partial charge is 0.340 e. The van der Waals surface area contributed by atoms with E-state index in [1.807, 2.05) is 6.07 Å². The molecule has 25 heavy (non-hydrogen) atoms. The second kappa shape index (κ2) is 7.75. The van der Waals surface area contributed by atoms with E-state index in [0.29, 0.717) is 0 Å². The molecule has 0 spiro atoms. The van der Waals surface area contributed by atoms with E-state index in [1.165, 1.54) is 0 Å². The fraction of sp³-hybridized carbons (Fsp3) is 0.375. The van der Waals surface area contributed by atoms with Gasteiger partial charge in [0.15, 0.2) is 6.04 Å². The quantitative estimate of drug-likeness (QED) is 0.299. The molecule has 2 N–H and O–H groups in total. The Morgan fingerprint density at radius 2 is 1.68 bits per heavy atom. The van der Waals surface area contributed by atoms with Crippen LogP contribution in [0.2, 0.25) is 0 Å². The molecule has 1 amide bonds. The average Bonchev–Trinajstić information content (AvgIpc) is 2.65. The molecule has 1 aliphatic rings. The number of hydrogen-bond acceptors (Lipinski definition) is 8. The van der Waals surface area contributed by atoms with Crippen molar-refractivity contribution in [3.05, 3.63) is 35.9 Å². The van der Waals surface area contributed by atoms with Gasteiger partial charge >= 0.3 is 17.9 Å². The number of carbonyl (C=O) groups excluding carboxylic acids is 4. The van der Waals surface area contributed by atoms with Crippen LogP contribution in [0.4, 0.5) is 0 Å². The van der Waals surface area contributed by atoms with Gasteiger partial charge in [-0.2, -0.15) is 0 Å². The Bertz CT molecular complexity index is 660. The first kappa shape index (κ1) is 18.4. The molecule has 1 aliphatic heterocycles. The molecule has 0 aromatic heterocycles. The average molecular weight is 350 g/mol. The third kappa shape index (κ3) is 3.61. The Labute approximate surface area is 143 Å². The third-order valence-electron chi connectivity index (χ3n) is 3.77. The fourth-order valence-electron chi connectivity index (χ4n) is 2.44. The van der Waals surface area contributed by atoms with Gasteiger partial charge in [0.05, 0.1) is 14.2 Å². The summed E-state index contributed by atoms with van der Waals surface area (Å²) in [6.07, 6.45) is 0. The van der Waals surface area contributed by atoms with Gasteiger partial charge in [-0.25, -0.2) is 14.4 Å². The molecule has 9 heteroatoms. The van der Waals surface area contributed by atoms with Crippen molar-refractivity contribution in [3.8, 4) is 0 Å². The van der Waals surface area contributed by atoms with Gasteiger partial charge in [0.2, 0.25) is 11.9 Å². The molecule has 0 aliphatic carbocycles. The molecule has 0 saturated carbocycles. The number of nitrogens with two attached hydrogens (primary N) is 1. The highest BCUT2D eigenvalue weighted by atomic mass is 16.6. The summed E-state index contributed by atoms with van der Waals surface area (Å²) in [7, 11) is 2.09. The predicted octanol–water partition coefficient (Wildman–Crippen LogP) is -1.02. The zero-order valence-electron chi connectivity index (χ0n) is 13.7. The Morgan fingerprint density at radius 3 is 2.20 bits per heavy atom. The van der Waals surface area contributed by atoms with Gasteiger partial charge in [0.25, 0.3) is 0 Å². The maximum atomic E-state index is 12.3. The summed E-state index contributed by atoms with van der Waals surface area (Å²) in [5.74, 6) is -3.64. The van der Waals surface area contributed by atoms with E-state index in [9.17, 15) is 19.2 Å². The molecule has 2 unspecified atom stereocenters. The van der Waals surface area contributed by atoms with Crippen molar-refractivity contribution in [1.29, 1.82) is 0 Å². The van der Waals surface area contributed by atoms with Crippen LogP contribution in [0.25, 0.3) is 0 Å². The molecule has 1 aromatic carbocycles. The number of carbonyl (C=O) groups is 4. The lowest BCUT2D eigenvalue weighted by Gasteiger charge is -2.45. The molecule has 2 rings (SSSR count). The van der Waals surface area contributed by atoms with Crippen LogP contribution in [0.3, 0.4) is 0 Å². The van der Waals surface area contributed by atoms with Crippen LogP contribution < -0.4 is 5.73 Å². The summed E-state index contributed by atoms with van der Waals surface area (Å²) >= 11 is 0. The van der Waals surface area contributed by atoms with Crippen molar-refractivity contribution in [3.63, 3.8) is 0 Å². The first-order valence-corrected chi connectivity index (χ1v) is 7.36. The molecule has 1 aromatic rings. The van der Waals surface area contributed by atoms with Gasteiger partial charge in [-0.15, -0.1) is 0 Å². The van der Waals surface area contributed by atoms with E-state index in [2.05, 4.69) is 9.47 Å². The van der Waals surface area contributed by atoms with Gasteiger partial charge in [-0.1, -0.05) is 30.3 Å². The molecule has 0 bridgehead atoms. The summed E-state index contributed by atoms with van der Waals surface area (Å²) in [5.41, 5.74) is 6.39. The van der Waals surface area contributed by atoms with E-state index in [0.717, 1.165) is 24.7 Å². The van der Waals surface area contributed by atoms with E-state index in [1.54, 1.807) is 24.3 Å². The standard InChI is InChI=1S/C16H18N2O7/c1-23-14(20)12(15(21)24-2)18-11(10(17)13(18)19)16(22)25-8-9-6-4-3-5-7-9/h3-7,10-12H,8,17H2,1-2H3. The van der Waals surface area contributed by atoms with Crippen molar-refractivity contribution < 1.29 is 33.4 Å². The zero-order chi connectivity index (χ0) is 18.6. The minimum atomic E-state index is -1.71. The summed E-state index contributed by atoms with van der Waals surface area (Å²) in [6, 6.07) is 4.67. The number of benzene rings is 1. The monoisotopic (exact) mass is 350 g/mol. The lowest BCUT2D eigenvalue weighted by molar-refractivity contribution is -0.183. The van der Waals surface area contributed by atoms with Crippen LogP contribution in [-0.2, 0) is 40.0 Å². The van der Waals surface area contributed by atoms with Gasteiger partial charge < -0.3 is 24.8 Å². The van der Waals surface area contributed by atoms with Crippen LogP contribution in [0.15, 0.2) is 30.3 Å². The highest BCUT2D eigenvalue weighted by molar-refractivity contribution is 6.08. The van der Waals surface area contributed by atoms with Crippen molar-refractivity contribution in [2.24, 2.45) is 5.73 Å². The number of esters is 3. The molecule has 1 fully saturated rings. The van der Waals surface area contributed by atoms with Crippen molar-refractivity contribution >= 4 is 23.8 Å². The van der Waals surface area contributed by atoms with E-state index in [-0.39, 0.29) is 6.61 Å². The third-order valence-corrected chi connectivity index (χ3v) is 3.77. The lowest BCUT2D eigenvalue weighted by Crippen LogP contribution is -2.76. The summed E-state index contributed by atoms with van der Waals surface area (Å²) in [4.78, 5) is 48.7. The second-order valence-corrected chi connectivity index (χ2v) is 5.26. The summed E-state index contributed by atoms with van der Waals surface area (Å²) in [5, 5.41) is 0. The molecular weight excluding hydrogens is 332 g/mol. The van der Waals surface area contributed by atoms with E-state index < -0.39 is 41.9 Å². The Balaban J connectivity index is 2.14.